The van der Waals surface area contributed by atoms with Crippen molar-refractivity contribution in [3.05, 3.63) is 70.6 Å². The number of hydrogen-bond acceptors (Lipinski definition) is 3. The third-order valence-corrected chi connectivity index (χ3v) is 4.98. The Hall–Kier alpha value is -2.93. The molecule has 0 aliphatic heterocycles. The second kappa shape index (κ2) is 12.1. The molecule has 0 aliphatic rings. The van der Waals surface area contributed by atoms with Crippen molar-refractivity contribution in [1.82, 2.24) is 10.3 Å². The van der Waals surface area contributed by atoms with Crippen molar-refractivity contribution in [3.8, 4) is 0 Å². The number of aromatic amines is 1. The summed E-state index contributed by atoms with van der Waals surface area (Å²) in [7, 11) is 1.84. The molecular formula is C24H31F3N4. The molecule has 4 nitrogen and oxygen atoms in total. The Morgan fingerprint density at radius 1 is 1.26 bits per heavy atom. The van der Waals surface area contributed by atoms with Crippen molar-refractivity contribution in [2.75, 3.05) is 20.1 Å². The Morgan fingerprint density at radius 3 is 2.48 bits per heavy atom. The zero-order chi connectivity index (χ0) is 23.6. The third-order valence-electron chi connectivity index (χ3n) is 4.98. The zero-order valence-electron chi connectivity index (χ0n) is 18.7. The smallest absolute Gasteiger partial charge is 0.361 e. The average Bonchev–Trinajstić information content (AvgIpc) is 3.21. The predicted octanol–water partition coefficient (Wildman–Crippen LogP) is 4.24. The van der Waals surface area contributed by atoms with E-state index in [1.54, 1.807) is 6.08 Å². The summed E-state index contributed by atoms with van der Waals surface area (Å²) in [6.07, 6.45) is 1.05. The summed E-state index contributed by atoms with van der Waals surface area (Å²) in [5.41, 5.74) is 4.09. The largest absolute Gasteiger partial charge is 0.419 e. The van der Waals surface area contributed by atoms with Crippen LogP contribution in [0, 0.1) is 0 Å². The van der Waals surface area contributed by atoms with E-state index in [9.17, 15) is 13.2 Å². The molecule has 0 radical (unpaired) electrons. The van der Waals surface area contributed by atoms with E-state index < -0.39 is 11.7 Å². The van der Waals surface area contributed by atoms with E-state index in [2.05, 4.69) is 40.2 Å². The first kappa shape index (κ1) is 26.1. The minimum absolute atomic E-state index is 0.182. The van der Waals surface area contributed by atoms with Gasteiger partial charge in [-0.2, -0.15) is 13.2 Å². The highest BCUT2D eigenvalue weighted by Crippen LogP contribution is 2.24. The minimum atomic E-state index is -4.52. The number of rotatable bonds is 10. The number of aromatic nitrogens is 1. The Labute approximate surface area is 182 Å². The third kappa shape index (κ3) is 7.36. The van der Waals surface area contributed by atoms with Crippen molar-refractivity contribution in [3.63, 3.8) is 0 Å². The van der Waals surface area contributed by atoms with E-state index in [0.717, 1.165) is 44.6 Å². The van der Waals surface area contributed by atoms with Crippen LogP contribution in [0.25, 0.3) is 11.1 Å². The topological polar surface area (TPSA) is 52.5 Å². The van der Waals surface area contributed by atoms with E-state index in [-0.39, 0.29) is 6.54 Å². The molecule has 0 aliphatic carbocycles. The molecule has 0 amide bonds. The molecule has 0 atom stereocenters. The summed E-state index contributed by atoms with van der Waals surface area (Å²) in [6.45, 7) is 17.9. The molecule has 0 saturated carbocycles. The van der Waals surface area contributed by atoms with E-state index in [0.29, 0.717) is 19.2 Å². The van der Waals surface area contributed by atoms with Gasteiger partial charge in [-0.1, -0.05) is 19.2 Å². The maximum atomic E-state index is 12.9. The Morgan fingerprint density at radius 2 is 1.94 bits per heavy atom. The van der Waals surface area contributed by atoms with E-state index >= 15 is 0 Å². The molecule has 0 unspecified atom stereocenters. The number of hydrogen-bond donors (Lipinski definition) is 2. The number of halogens is 3. The van der Waals surface area contributed by atoms with E-state index in [1.165, 1.54) is 0 Å². The molecule has 1 heterocycles. The normalized spacial score (nSPS) is 15.5. The van der Waals surface area contributed by atoms with Crippen LogP contribution in [0.4, 0.5) is 13.2 Å². The number of nitrogens with zero attached hydrogens (tertiary/aromatic N) is 2. The van der Waals surface area contributed by atoms with Gasteiger partial charge < -0.3 is 10.3 Å². The van der Waals surface area contributed by atoms with Crippen LogP contribution >= 0.6 is 0 Å². The van der Waals surface area contributed by atoms with Gasteiger partial charge in [0.1, 0.15) is 0 Å². The van der Waals surface area contributed by atoms with Crippen molar-refractivity contribution < 1.29 is 13.2 Å². The standard InChI is InChI=1S/C24H31F3N4/c1-8-16(2)23-21(10-12-31-23)18(4)19(5)22(15-29-7)17(3)9-11-30-14-20(13-28-6)24(25,26)27/h8,10,12-14,29,31H,1,3,6,9,11,15H2,2,4-5,7H3/b20-13+,21-18+,22-19+,23-16+,30-14-. The molecule has 0 spiro atoms. The lowest BCUT2D eigenvalue weighted by molar-refractivity contribution is -0.0857. The molecule has 0 saturated heterocycles. The fraction of sp³-hybridized carbons (Fsp3) is 0.333. The number of alkyl halides is 3. The first-order chi connectivity index (χ1) is 14.6. The maximum absolute atomic E-state index is 12.9. The number of likely N-dealkylation sites (N-methyl/N-ethyl adjacent to an activating group) is 1. The van der Waals surface area contributed by atoms with Gasteiger partial charge in [0.05, 0.1) is 5.57 Å². The lowest BCUT2D eigenvalue weighted by Crippen LogP contribution is -2.27. The van der Waals surface area contributed by atoms with Gasteiger partial charge >= 0.3 is 6.18 Å². The Balaban J connectivity index is 3.22. The first-order valence-electron chi connectivity index (χ1n) is 9.81. The average molecular weight is 433 g/mol. The van der Waals surface area contributed by atoms with Crippen molar-refractivity contribution in [1.29, 1.82) is 0 Å². The molecule has 0 fully saturated rings. The minimum Gasteiger partial charge on any atom is -0.361 e. The zero-order valence-corrected chi connectivity index (χ0v) is 18.7. The number of aliphatic imine (C=N–C) groups is 2. The summed E-state index contributed by atoms with van der Waals surface area (Å²) in [5.74, 6) is 0. The van der Waals surface area contributed by atoms with Gasteiger partial charge in [-0.05, 0) is 74.9 Å². The van der Waals surface area contributed by atoms with Crippen LogP contribution in [-0.4, -0.2) is 44.2 Å². The number of allylic oxidation sites excluding steroid dienone is 3. The molecule has 2 N–H and O–H groups in total. The van der Waals surface area contributed by atoms with Crippen molar-refractivity contribution in [2.45, 2.75) is 33.4 Å². The van der Waals surface area contributed by atoms with Crippen molar-refractivity contribution >= 4 is 24.1 Å². The SMILES string of the molecule is C=C/C(C)=c1/[nH]cc/c1=C(C)\C(C)=C(/CNC)C(=C)CC/N=C\C(=C/N=C)C(F)(F)F. The maximum Gasteiger partial charge on any atom is 0.419 e. The molecule has 1 aromatic heterocycles. The summed E-state index contributed by atoms with van der Waals surface area (Å²) >= 11 is 0. The highest BCUT2D eigenvalue weighted by Gasteiger charge is 2.32. The van der Waals surface area contributed by atoms with Crippen LogP contribution in [0.15, 0.2) is 70.0 Å². The van der Waals surface area contributed by atoms with Crippen molar-refractivity contribution in [2.24, 2.45) is 9.98 Å². The summed E-state index contributed by atoms with van der Waals surface area (Å²) < 4.78 is 38.6. The fourth-order valence-corrected chi connectivity index (χ4v) is 3.03. The second-order valence-corrected chi connectivity index (χ2v) is 7.07. The van der Waals surface area contributed by atoms with Gasteiger partial charge in [-0.25, -0.2) is 0 Å². The molecule has 7 heteroatoms. The molecule has 31 heavy (non-hydrogen) atoms. The summed E-state index contributed by atoms with van der Waals surface area (Å²) in [6, 6.07) is 2.02. The number of H-pyrrole nitrogens is 1. The van der Waals surface area contributed by atoms with Crippen LogP contribution in [0.5, 0.6) is 0 Å². The fourth-order valence-electron chi connectivity index (χ4n) is 3.03. The second-order valence-electron chi connectivity index (χ2n) is 7.07. The molecule has 168 valence electrons. The van der Waals surface area contributed by atoms with E-state index in [4.69, 9.17) is 0 Å². The molecule has 0 aromatic carbocycles. The van der Waals surface area contributed by atoms with Gasteiger partial charge in [0.15, 0.2) is 0 Å². The lowest BCUT2D eigenvalue weighted by Gasteiger charge is -2.15. The molecular weight excluding hydrogens is 401 g/mol. The van der Waals surface area contributed by atoms with Crippen LogP contribution in [-0.2, 0) is 0 Å². The van der Waals surface area contributed by atoms with Gasteiger partial charge in [0, 0.05) is 42.3 Å². The predicted molar refractivity (Wildman–Crippen MR) is 126 cm³/mol. The summed E-state index contributed by atoms with van der Waals surface area (Å²) in [5, 5.41) is 5.23. The highest BCUT2D eigenvalue weighted by molar-refractivity contribution is 5.80. The van der Waals surface area contributed by atoms with E-state index in [1.807, 2.05) is 40.1 Å². The van der Waals surface area contributed by atoms with Gasteiger partial charge in [0.2, 0.25) is 0 Å². The molecule has 0 bridgehead atoms. The monoisotopic (exact) mass is 432 g/mol. The highest BCUT2D eigenvalue weighted by atomic mass is 19.4. The number of nitrogens with one attached hydrogen (secondary N) is 2. The Kier molecular flexibility index (Phi) is 10.1. The quantitative estimate of drug-likeness (QED) is 0.422. The van der Waals surface area contributed by atoms with Gasteiger partial charge in [0.25, 0.3) is 0 Å². The van der Waals surface area contributed by atoms with Gasteiger partial charge in [-0.3, -0.25) is 9.98 Å². The van der Waals surface area contributed by atoms with Crippen LogP contribution in [0.1, 0.15) is 27.2 Å². The summed E-state index contributed by atoms with van der Waals surface area (Å²) in [4.78, 5) is 10.4. The van der Waals surface area contributed by atoms with Crippen LogP contribution in [0.3, 0.4) is 0 Å². The first-order valence-corrected chi connectivity index (χ1v) is 9.81. The lowest BCUT2D eigenvalue weighted by atomic mass is 9.94. The molecule has 1 rings (SSSR count). The van der Waals surface area contributed by atoms with Crippen LogP contribution in [0.2, 0.25) is 0 Å². The molecule has 1 aromatic rings. The Bertz CT molecular complexity index is 1020. The van der Waals surface area contributed by atoms with Gasteiger partial charge in [-0.15, -0.1) is 0 Å². The van der Waals surface area contributed by atoms with Crippen LogP contribution < -0.4 is 15.9 Å².